The molecule has 4 N–H and O–H groups in total. The molecule has 0 saturated heterocycles. The molecule has 0 amide bonds. The fourth-order valence-electron chi connectivity index (χ4n) is 14.6. The van der Waals surface area contributed by atoms with Crippen molar-refractivity contribution < 1.29 is 69.4 Å². The maximum atomic E-state index is 5.24. The molecule has 686 valence electrons. The van der Waals surface area contributed by atoms with Crippen LogP contribution in [-0.4, -0.2) is 48.0 Å². The van der Waals surface area contributed by atoms with Crippen LogP contribution in [0.1, 0.15) is 154 Å². The van der Waals surface area contributed by atoms with Gasteiger partial charge in [0, 0.05) is 24.8 Å². The van der Waals surface area contributed by atoms with Crippen LogP contribution in [0.3, 0.4) is 0 Å². The fraction of sp³-hybridized carbons (Fsp3) is 0.257. The standard InChI is InChI=1S/C30H31N2P.C29H29N2P.C24H35N2P.C22H31N2P.8CH3.4Cr/c1-22-15-17-26(18-16-22)21-29(31-30-24(3)19-23(2)20-25(30)4)32-33(27-11-7-5-8-12-27)28-13-9-6-10-14-28;1-22-17-19-25(20-18-22)21-28(30-29-23(2)11-10-12-24(29)3)31-32(26-13-6-4-7-14-26)27-15-8-5-9-16-27;1-16(2)27(17(3)4)26-23(15-22-11-9-18(5)10-12-22)25-24-20(7)13-19(6)14-21(24)8;1-15-13-16(2)20(17(3)14-15)23-21(24-25(7)8)18-9-11-19(12-10-18)22(4,5)6;;;;;;;;;;;;/h5-20H,21H2,1-4H3,(H,31,32);4-20H,21H2,1-3H3,(H,30,31);9-14,16-17H,15H2,1-8H3,(H,25,26);9-14H,1-8H3,(H,23,24);8*1H3;;;;/q;;;;8*-1;4*+2/p+4. The maximum Gasteiger partial charge on any atom is 2.00 e. The third-order valence-corrected chi connectivity index (χ3v) is 29.0. The van der Waals surface area contributed by atoms with E-state index < -0.39 is 32.3 Å². The van der Waals surface area contributed by atoms with E-state index in [0.717, 1.165) is 70.9 Å². The molecule has 0 spiro atoms. The van der Waals surface area contributed by atoms with Crippen molar-refractivity contribution in [2.75, 3.05) is 13.3 Å². The van der Waals surface area contributed by atoms with Gasteiger partial charge in [0.25, 0.3) is 0 Å². The quantitative estimate of drug-likeness (QED) is 0.0249. The molecule has 0 saturated carbocycles. The topological polar surface area (TPSA) is 97.6 Å². The van der Waals surface area contributed by atoms with Crippen LogP contribution >= 0.6 is 32.3 Å². The van der Waals surface area contributed by atoms with Gasteiger partial charge < -0.3 is 59.4 Å². The third kappa shape index (κ3) is 40.4. The Balaban J connectivity index is -0.000000788. The Kier molecular flexibility index (Phi) is 62.1. The van der Waals surface area contributed by atoms with Gasteiger partial charge in [0.1, 0.15) is 38.7 Å². The maximum absolute atomic E-state index is 5.24. The van der Waals surface area contributed by atoms with Crippen molar-refractivity contribution in [2.24, 2.45) is 20.0 Å². The number of aryl methyl sites for hydroxylation is 14. The first-order chi connectivity index (χ1) is 55.8. The average Bonchev–Trinajstić information content (AvgIpc) is 0.874. The van der Waals surface area contributed by atoms with Gasteiger partial charge in [0.2, 0.25) is 0 Å². The van der Waals surface area contributed by atoms with Gasteiger partial charge in [-0.3, -0.25) is 0 Å². The van der Waals surface area contributed by atoms with Crippen molar-refractivity contribution >= 4 is 99.6 Å². The normalized spacial score (nSPS) is 10.9. The van der Waals surface area contributed by atoms with Gasteiger partial charge in [-0.25, -0.2) is 40.3 Å². The molecule has 0 fully saturated rings. The smallest absolute Gasteiger partial charge is 0.358 e. The summed E-state index contributed by atoms with van der Waals surface area (Å²) in [6.07, 6.45) is 2.38. The van der Waals surface area contributed by atoms with Crippen molar-refractivity contribution in [2.45, 2.75) is 181 Å². The summed E-state index contributed by atoms with van der Waals surface area (Å²) >= 11 is 0. The number of benzene rings is 12. The minimum atomic E-state index is -1.26. The van der Waals surface area contributed by atoms with Crippen LogP contribution in [0.4, 0.5) is 22.7 Å². The molecule has 8 nitrogen and oxygen atoms in total. The number of hydrogen-bond donors (Lipinski definition) is 4. The Morgan fingerprint density at radius 2 is 0.527 bits per heavy atom. The Labute approximate surface area is 835 Å². The summed E-state index contributed by atoms with van der Waals surface area (Å²) < 4.78 is 0. The van der Waals surface area contributed by atoms with Crippen molar-refractivity contribution in [3.8, 4) is 0 Å². The number of para-hydroxylation sites is 1. The van der Waals surface area contributed by atoms with E-state index >= 15 is 0 Å². The van der Waals surface area contributed by atoms with Gasteiger partial charge in [0.05, 0.1) is 63.5 Å². The minimum Gasteiger partial charge on any atom is -0.358 e. The van der Waals surface area contributed by atoms with Gasteiger partial charge in [0.15, 0.2) is 22.0 Å². The van der Waals surface area contributed by atoms with E-state index in [1.807, 2.05) is 0 Å². The predicted molar refractivity (Wildman–Crippen MR) is 579 cm³/mol. The summed E-state index contributed by atoms with van der Waals surface area (Å²) in [4.78, 5) is 20.6. The van der Waals surface area contributed by atoms with E-state index in [2.05, 4.69) is 452 Å². The molecule has 12 aromatic carbocycles. The van der Waals surface area contributed by atoms with Gasteiger partial charge in [-0.05, 0) is 245 Å². The second kappa shape index (κ2) is 62.7. The number of rotatable bonds is 21. The van der Waals surface area contributed by atoms with E-state index in [1.165, 1.54) is 121 Å². The van der Waals surface area contributed by atoms with Crippen molar-refractivity contribution in [3.63, 3.8) is 0 Å². The second-order valence-corrected chi connectivity index (χ2v) is 43.4. The molecular formula is C113H154Cr4N8P4+4. The Morgan fingerprint density at radius 3 is 0.775 bits per heavy atom. The van der Waals surface area contributed by atoms with Gasteiger partial charge >= 0.3 is 69.4 Å². The second-order valence-electron chi connectivity index (χ2n) is 33.4. The molecule has 0 bridgehead atoms. The van der Waals surface area contributed by atoms with Crippen molar-refractivity contribution in [1.82, 2.24) is 20.3 Å². The zero-order valence-corrected chi connectivity index (χ0v) is 92.8. The molecule has 0 radical (unpaired) electrons. The van der Waals surface area contributed by atoms with Gasteiger partial charge in [-0.15, -0.1) is 0 Å². The van der Waals surface area contributed by atoms with Crippen LogP contribution in [0.2, 0.25) is 0 Å². The molecule has 0 aromatic heterocycles. The summed E-state index contributed by atoms with van der Waals surface area (Å²) in [7, 11) is -3.90. The number of nitrogens with zero attached hydrogens (tertiary/aromatic N) is 4. The summed E-state index contributed by atoms with van der Waals surface area (Å²) in [6, 6.07) is 97.9. The zero-order chi connectivity index (χ0) is 84.5. The van der Waals surface area contributed by atoms with Crippen LogP contribution in [-0.2, 0) is 94.1 Å². The molecule has 0 aliphatic rings. The van der Waals surface area contributed by atoms with Crippen LogP contribution in [0.5, 0.6) is 0 Å². The summed E-state index contributed by atoms with van der Waals surface area (Å²) in [5, 5.41) is 20.6. The van der Waals surface area contributed by atoms with E-state index in [1.54, 1.807) is 0 Å². The molecule has 0 aliphatic carbocycles. The first kappa shape index (κ1) is 128. The molecule has 0 unspecified atom stereocenters. The summed E-state index contributed by atoms with van der Waals surface area (Å²) in [6.45, 7) is 50.5. The fourth-order valence-corrected chi connectivity index (χ4v) is 21.8. The van der Waals surface area contributed by atoms with Crippen LogP contribution in [0.15, 0.2) is 293 Å². The number of hydrogen-bond acceptors (Lipinski definition) is 4. The first-order valence-electron chi connectivity index (χ1n) is 41.4. The summed E-state index contributed by atoms with van der Waals surface area (Å²) in [5.74, 6) is 4.10. The van der Waals surface area contributed by atoms with Gasteiger partial charge in [-0.1, -0.05) is 279 Å². The van der Waals surface area contributed by atoms with Crippen LogP contribution < -0.4 is 41.6 Å². The zero-order valence-electron chi connectivity index (χ0n) is 83.7. The third-order valence-electron chi connectivity index (χ3n) is 20.5. The molecule has 12 rings (SSSR count). The largest absolute Gasteiger partial charge is 2.00 e. The summed E-state index contributed by atoms with van der Waals surface area (Å²) in [5.41, 5.74) is 29.6. The molecule has 0 atom stereocenters. The SMILES string of the molecule is Cc1cc(C)c(N=C(N[PH+](C)C)c2ccc(C(C)(C)C)cc2)c(C)c1.Cc1ccc(CC(=Nc2c(C)cc(C)cc2C)N[PH+](C(C)C)C(C)C)cc1.Cc1ccc(CC(=Nc2c(C)cc(C)cc2C)N[PH+](c2ccccc2)c2ccccc2)cc1.Cc1ccc(CC(=Nc2c(C)cccc2C)N[PH+](c2ccccc2)c2ccccc2)cc1.[CH3-].[CH3-].[CH3-].[CH3-].[CH3-].[CH3-].[CH3-].[CH3-].[Cr+2].[Cr+2].[Cr+2].[Cr+2]. The van der Waals surface area contributed by atoms with E-state index in [0.29, 0.717) is 11.3 Å². The van der Waals surface area contributed by atoms with E-state index in [4.69, 9.17) is 20.0 Å². The Morgan fingerprint density at radius 1 is 0.279 bits per heavy atom. The van der Waals surface area contributed by atoms with Crippen LogP contribution in [0, 0.1) is 156 Å². The molecule has 16 heteroatoms. The van der Waals surface area contributed by atoms with Gasteiger partial charge in [-0.2, -0.15) is 0 Å². The first-order valence-corrected chi connectivity index (χ1v) is 48.6. The molecular weight excluding hydrogens is 1800 g/mol. The van der Waals surface area contributed by atoms with Crippen LogP contribution in [0.25, 0.3) is 0 Å². The van der Waals surface area contributed by atoms with Crippen molar-refractivity contribution in [1.29, 1.82) is 0 Å². The predicted octanol–water partition coefficient (Wildman–Crippen LogP) is 29.1. The monoisotopic (exact) mass is 1950 g/mol. The number of aliphatic imine (C=N–C) groups is 4. The van der Waals surface area contributed by atoms with E-state index in [9.17, 15) is 0 Å². The molecule has 129 heavy (non-hydrogen) atoms. The minimum absolute atomic E-state index is 0. The molecule has 0 heterocycles. The molecule has 0 aliphatic heterocycles. The number of amidine groups is 4. The van der Waals surface area contributed by atoms with Crippen molar-refractivity contribution in [3.05, 3.63) is 438 Å². The number of nitrogens with one attached hydrogen (secondary N) is 4. The average molecular weight is 1960 g/mol. The van der Waals surface area contributed by atoms with E-state index in [-0.39, 0.29) is 134 Å². The Bertz CT molecular complexity index is 5130. The molecule has 12 aromatic rings. The Hall–Kier alpha value is -7.63.